The first kappa shape index (κ1) is 24.1. The summed E-state index contributed by atoms with van der Waals surface area (Å²) in [6.07, 6.45) is 6.17. The maximum absolute atomic E-state index is 12.3. The molecule has 6 heteroatoms. The van der Waals surface area contributed by atoms with Gasteiger partial charge in [-0.15, -0.1) is 0 Å². The molecule has 0 N–H and O–H groups in total. The summed E-state index contributed by atoms with van der Waals surface area (Å²) in [6, 6.07) is 19.9. The van der Waals surface area contributed by atoms with Gasteiger partial charge >= 0.3 is 0 Å². The predicted octanol–water partition coefficient (Wildman–Crippen LogP) is 4.57. The van der Waals surface area contributed by atoms with Crippen LogP contribution < -0.4 is 0 Å². The van der Waals surface area contributed by atoms with Crippen molar-refractivity contribution in [3.8, 4) is 0 Å². The van der Waals surface area contributed by atoms with E-state index < -0.39 is 10.0 Å². The van der Waals surface area contributed by atoms with E-state index in [1.807, 2.05) is 55.5 Å². The van der Waals surface area contributed by atoms with E-state index in [2.05, 4.69) is 16.9 Å². The normalized spacial score (nSPS) is 16.9. The highest BCUT2D eigenvalue weighted by molar-refractivity contribution is 7.88. The third kappa shape index (κ3) is 8.67. The molecule has 2 aromatic carbocycles. The van der Waals surface area contributed by atoms with Gasteiger partial charge in [0.15, 0.2) is 0 Å². The van der Waals surface area contributed by atoms with Crippen LogP contribution in [0, 0.1) is 0 Å². The minimum atomic E-state index is -3.15. The van der Waals surface area contributed by atoms with Crippen LogP contribution in [0.5, 0.6) is 0 Å². The van der Waals surface area contributed by atoms with Crippen LogP contribution in [0.2, 0.25) is 0 Å². The molecule has 0 saturated carbocycles. The number of hydrogen-bond donors (Lipinski definition) is 0. The highest BCUT2D eigenvalue weighted by Gasteiger charge is 2.29. The van der Waals surface area contributed by atoms with Crippen molar-refractivity contribution in [1.29, 1.82) is 0 Å². The van der Waals surface area contributed by atoms with Crippen LogP contribution in [-0.2, 0) is 31.7 Å². The quantitative estimate of drug-likeness (QED) is 0.431. The summed E-state index contributed by atoms with van der Waals surface area (Å²) in [5.74, 6) is 0.123. The number of aryl methyl sites for hydroxylation is 1. The fraction of sp³-hybridized carbons (Fsp3) is 0.458. The Morgan fingerprint density at radius 3 is 2.20 bits per heavy atom. The van der Waals surface area contributed by atoms with Gasteiger partial charge in [-0.3, -0.25) is 4.79 Å². The van der Waals surface area contributed by atoms with Crippen LogP contribution in [0.3, 0.4) is 0 Å². The lowest BCUT2D eigenvalue weighted by molar-refractivity contribution is -0.128. The van der Waals surface area contributed by atoms with E-state index in [4.69, 9.17) is 0 Å². The second kappa shape index (κ2) is 13.2. The van der Waals surface area contributed by atoms with E-state index in [0.717, 1.165) is 44.1 Å². The van der Waals surface area contributed by atoms with E-state index in [-0.39, 0.29) is 11.8 Å². The Morgan fingerprint density at radius 2 is 1.60 bits per heavy atom. The van der Waals surface area contributed by atoms with Gasteiger partial charge < -0.3 is 4.74 Å². The molecule has 0 aliphatic carbocycles. The van der Waals surface area contributed by atoms with Gasteiger partial charge in [0.25, 0.3) is 6.47 Å². The van der Waals surface area contributed by atoms with Crippen LogP contribution in [-0.4, -0.2) is 38.4 Å². The van der Waals surface area contributed by atoms with Gasteiger partial charge in [0, 0.05) is 12.6 Å². The molecule has 0 spiro atoms. The minimum Gasteiger partial charge on any atom is -0.468 e. The average molecular weight is 432 g/mol. The molecule has 1 atom stereocenters. The SMILES string of the molecule is CC1CCCCN1S(=O)(=O)Cc1ccccc1.O=COCCCCc1ccccc1. The van der Waals surface area contributed by atoms with E-state index in [1.165, 1.54) is 5.56 Å². The van der Waals surface area contributed by atoms with Gasteiger partial charge in [-0.2, -0.15) is 4.31 Å². The van der Waals surface area contributed by atoms with E-state index in [0.29, 0.717) is 19.6 Å². The third-order valence-corrected chi connectivity index (χ3v) is 7.13. The Morgan fingerprint density at radius 1 is 0.967 bits per heavy atom. The fourth-order valence-corrected chi connectivity index (χ4v) is 5.40. The minimum absolute atomic E-state index is 0.123. The molecule has 1 fully saturated rings. The van der Waals surface area contributed by atoms with Crippen molar-refractivity contribution >= 4 is 16.5 Å². The van der Waals surface area contributed by atoms with Crippen molar-refractivity contribution in [2.45, 2.75) is 57.2 Å². The molecule has 0 aromatic heterocycles. The number of unbranched alkanes of at least 4 members (excludes halogenated alkanes) is 1. The Bertz CT molecular complexity index is 825. The fourth-order valence-electron chi connectivity index (χ4n) is 3.56. The number of hydrogen-bond acceptors (Lipinski definition) is 4. The van der Waals surface area contributed by atoms with Gasteiger partial charge in [-0.05, 0) is 50.2 Å². The monoisotopic (exact) mass is 431 g/mol. The number of sulfonamides is 1. The number of benzene rings is 2. The van der Waals surface area contributed by atoms with Crippen molar-refractivity contribution in [3.05, 3.63) is 71.8 Å². The molecule has 1 heterocycles. The molecule has 0 radical (unpaired) electrons. The standard InChI is InChI=1S/C13H19NO2S.C11H14O2/c1-12-7-5-6-10-14(12)17(15,16)11-13-8-3-2-4-9-13;12-10-13-9-5-4-8-11-6-2-1-3-7-11/h2-4,8-9,12H,5-7,10-11H2,1H3;1-3,6-7,10H,4-5,8-9H2. The molecule has 3 rings (SSSR count). The summed E-state index contributed by atoms with van der Waals surface area (Å²) in [5.41, 5.74) is 2.21. The Hall–Kier alpha value is -2.18. The van der Waals surface area contributed by atoms with Crippen LogP contribution in [0.25, 0.3) is 0 Å². The molecular weight excluding hydrogens is 398 g/mol. The average Bonchev–Trinajstić information content (AvgIpc) is 2.75. The molecule has 0 amide bonds. The number of piperidine rings is 1. The molecule has 1 aliphatic rings. The summed E-state index contributed by atoms with van der Waals surface area (Å²) in [5, 5.41) is 0. The Balaban J connectivity index is 0.000000222. The highest BCUT2D eigenvalue weighted by Crippen LogP contribution is 2.22. The van der Waals surface area contributed by atoms with E-state index >= 15 is 0 Å². The van der Waals surface area contributed by atoms with Crippen LogP contribution >= 0.6 is 0 Å². The van der Waals surface area contributed by atoms with Crippen molar-refractivity contribution in [3.63, 3.8) is 0 Å². The number of ether oxygens (including phenoxy) is 1. The molecule has 1 saturated heterocycles. The number of rotatable bonds is 9. The maximum atomic E-state index is 12.3. The summed E-state index contributed by atoms with van der Waals surface area (Å²) in [7, 11) is -3.15. The second-order valence-electron chi connectivity index (χ2n) is 7.61. The van der Waals surface area contributed by atoms with Crippen molar-refractivity contribution < 1.29 is 17.9 Å². The van der Waals surface area contributed by atoms with Gasteiger partial charge in [0.05, 0.1) is 12.4 Å². The zero-order chi connectivity index (χ0) is 21.7. The Kier molecular flexibility index (Phi) is 10.6. The van der Waals surface area contributed by atoms with Crippen molar-refractivity contribution in [2.75, 3.05) is 13.2 Å². The third-order valence-electron chi connectivity index (χ3n) is 5.18. The van der Waals surface area contributed by atoms with E-state index in [1.54, 1.807) is 4.31 Å². The molecule has 2 aromatic rings. The zero-order valence-corrected chi connectivity index (χ0v) is 18.6. The smallest absolute Gasteiger partial charge is 0.293 e. The van der Waals surface area contributed by atoms with Gasteiger partial charge in [-0.25, -0.2) is 8.42 Å². The number of carbonyl (C=O) groups excluding carboxylic acids is 1. The van der Waals surface area contributed by atoms with Crippen LogP contribution in [0.4, 0.5) is 0 Å². The number of carbonyl (C=O) groups is 1. The molecule has 164 valence electrons. The molecular formula is C24H33NO4S. The Labute approximate surface area is 181 Å². The maximum Gasteiger partial charge on any atom is 0.293 e. The number of nitrogens with zero attached hydrogens (tertiary/aromatic N) is 1. The first-order valence-corrected chi connectivity index (χ1v) is 12.3. The molecule has 1 aliphatic heterocycles. The van der Waals surface area contributed by atoms with Gasteiger partial charge in [0.1, 0.15) is 0 Å². The lowest BCUT2D eigenvalue weighted by Crippen LogP contribution is -2.42. The van der Waals surface area contributed by atoms with Crippen LogP contribution in [0.15, 0.2) is 60.7 Å². The summed E-state index contributed by atoms with van der Waals surface area (Å²) >= 11 is 0. The van der Waals surface area contributed by atoms with Crippen molar-refractivity contribution in [2.24, 2.45) is 0 Å². The van der Waals surface area contributed by atoms with Gasteiger partial charge in [-0.1, -0.05) is 67.1 Å². The predicted molar refractivity (Wildman–Crippen MR) is 120 cm³/mol. The van der Waals surface area contributed by atoms with Crippen LogP contribution in [0.1, 0.15) is 50.2 Å². The lowest BCUT2D eigenvalue weighted by atomic mass is 10.1. The first-order chi connectivity index (χ1) is 14.5. The highest BCUT2D eigenvalue weighted by atomic mass is 32.2. The zero-order valence-electron chi connectivity index (χ0n) is 17.8. The molecule has 30 heavy (non-hydrogen) atoms. The summed E-state index contributed by atoms with van der Waals surface area (Å²) in [4.78, 5) is 9.82. The lowest BCUT2D eigenvalue weighted by Gasteiger charge is -2.32. The summed E-state index contributed by atoms with van der Waals surface area (Å²) in [6.45, 7) is 3.72. The first-order valence-electron chi connectivity index (χ1n) is 10.7. The molecule has 0 bridgehead atoms. The van der Waals surface area contributed by atoms with Gasteiger partial charge in [0.2, 0.25) is 10.0 Å². The molecule has 5 nitrogen and oxygen atoms in total. The van der Waals surface area contributed by atoms with Crippen molar-refractivity contribution in [1.82, 2.24) is 4.31 Å². The summed E-state index contributed by atoms with van der Waals surface area (Å²) < 4.78 is 30.8. The van der Waals surface area contributed by atoms with E-state index in [9.17, 15) is 13.2 Å². The largest absolute Gasteiger partial charge is 0.468 e. The second-order valence-corrected chi connectivity index (χ2v) is 9.53. The molecule has 1 unspecified atom stereocenters. The topological polar surface area (TPSA) is 63.7 Å².